The Morgan fingerprint density at radius 3 is 2.55 bits per heavy atom. The van der Waals surface area contributed by atoms with E-state index < -0.39 is 0 Å². The van der Waals surface area contributed by atoms with Crippen molar-refractivity contribution < 1.29 is 4.79 Å². The first kappa shape index (κ1) is 16.8. The third kappa shape index (κ3) is 5.00. The molecule has 1 amide bonds. The van der Waals surface area contributed by atoms with Gasteiger partial charge in [0.05, 0.1) is 0 Å². The molecule has 1 heterocycles. The van der Waals surface area contributed by atoms with Crippen molar-refractivity contribution in [3.8, 4) is 0 Å². The third-order valence-electron chi connectivity index (χ3n) is 2.90. The van der Waals surface area contributed by atoms with Crippen LogP contribution in [0.25, 0.3) is 0 Å². The van der Waals surface area contributed by atoms with Crippen molar-refractivity contribution >= 4 is 28.2 Å². The minimum absolute atomic E-state index is 0.0433. The summed E-state index contributed by atoms with van der Waals surface area (Å²) in [5.74, 6) is 1.38. The molecule has 0 saturated heterocycles. The Bertz CT molecular complexity index is 442. The summed E-state index contributed by atoms with van der Waals surface area (Å²) in [7, 11) is 1.81. The van der Waals surface area contributed by atoms with Gasteiger partial charge in [0, 0.05) is 20.1 Å². The number of thiazole rings is 1. The standard InChI is InChI=1S/C14H26N4OS/c1-9(2)6-7-18(5)13(19)11-12(15)17-14(20-11)16-8-10(3)4/h9-10H,6-8,15H2,1-5H3,(H,16,17). The summed E-state index contributed by atoms with van der Waals surface area (Å²) in [6.45, 7) is 10.1. The first-order valence-corrected chi connectivity index (χ1v) is 7.88. The van der Waals surface area contributed by atoms with Gasteiger partial charge in [-0.2, -0.15) is 0 Å². The number of nitrogen functional groups attached to an aromatic ring is 1. The van der Waals surface area contributed by atoms with Crippen LogP contribution >= 0.6 is 11.3 Å². The maximum absolute atomic E-state index is 12.3. The van der Waals surface area contributed by atoms with Gasteiger partial charge in [-0.1, -0.05) is 39.0 Å². The van der Waals surface area contributed by atoms with Gasteiger partial charge in [0.1, 0.15) is 10.7 Å². The quantitative estimate of drug-likeness (QED) is 0.812. The number of carbonyl (C=O) groups excluding carboxylic acids is 1. The number of anilines is 2. The summed E-state index contributed by atoms with van der Waals surface area (Å²) in [6, 6.07) is 0. The zero-order valence-corrected chi connectivity index (χ0v) is 13.9. The molecule has 6 heteroatoms. The van der Waals surface area contributed by atoms with Gasteiger partial charge in [0.25, 0.3) is 5.91 Å². The number of amides is 1. The van der Waals surface area contributed by atoms with Gasteiger partial charge < -0.3 is 16.0 Å². The smallest absolute Gasteiger partial charge is 0.267 e. The lowest BCUT2D eigenvalue weighted by molar-refractivity contribution is 0.0794. The van der Waals surface area contributed by atoms with Crippen molar-refractivity contribution in [3.63, 3.8) is 0 Å². The number of carbonyl (C=O) groups is 1. The van der Waals surface area contributed by atoms with E-state index in [2.05, 4.69) is 38.0 Å². The Hall–Kier alpha value is -1.30. The van der Waals surface area contributed by atoms with Crippen LogP contribution in [0.2, 0.25) is 0 Å². The first-order valence-electron chi connectivity index (χ1n) is 7.06. The SMILES string of the molecule is CC(C)CCN(C)C(=O)c1sc(NCC(C)C)nc1N. The van der Waals surface area contributed by atoms with E-state index in [1.165, 1.54) is 11.3 Å². The van der Waals surface area contributed by atoms with Crippen molar-refractivity contribution in [2.24, 2.45) is 11.8 Å². The molecule has 3 N–H and O–H groups in total. The van der Waals surface area contributed by atoms with Crippen LogP contribution in [0.3, 0.4) is 0 Å². The first-order chi connectivity index (χ1) is 9.31. The Kier molecular flexibility index (Phi) is 6.26. The summed E-state index contributed by atoms with van der Waals surface area (Å²) in [5, 5.41) is 3.93. The molecule has 0 spiro atoms. The Labute approximate surface area is 125 Å². The van der Waals surface area contributed by atoms with Gasteiger partial charge in [-0.3, -0.25) is 4.79 Å². The third-order valence-corrected chi connectivity index (χ3v) is 3.91. The Morgan fingerprint density at radius 1 is 1.35 bits per heavy atom. The van der Waals surface area contributed by atoms with Crippen LogP contribution in [-0.2, 0) is 0 Å². The zero-order valence-electron chi connectivity index (χ0n) is 13.1. The maximum atomic E-state index is 12.3. The van der Waals surface area contributed by atoms with E-state index in [0.29, 0.717) is 22.5 Å². The lowest BCUT2D eigenvalue weighted by Crippen LogP contribution is -2.28. The van der Waals surface area contributed by atoms with E-state index >= 15 is 0 Å². The van der Waals surface area contributed by atoms with Crippen LogP contribution in [0.4, 0.5) is 10.9 Å². The van der Waals surface area contributed by atoms with Crippen molar-refractivity contribution in [3.05, 3.63) is 4.88 Å². The summed E-state index contributed by atoms with van der Waals surface area (Å²) < 4.78 is 0. The lowest BCUT2D eigenvalue weighted by Gasteiger charge is -2.17. The zero-order chi connectivity index (χ0) is 15.3. The molecule has 5 nitrogen and oxygen atoms in total. The fourth-order valence-electron chi connectivity index (χ4n) is 1.58. The predicted molar refractivity (Wildman–Crippen MR) is 86.3 cm³/mol. The highest BCUT2D eigenvalue weighted by atomic mass is 32.1. The van der Waals surface area contributed by atoms with Crippen LogP contribution in [0, 0.1) is 11.8 Å². The van der Waals surface area contributed by atoms with Crippen LogP contribution in [-0.4, -0.2) is 35.9 Å². The van der Waals surface area contributed by atoms with E-state index in [9.17, 15) is 4.79 Å². The molecular formula is C14H26N4OS. The molecule has 0 fully saturated rings. The average Bonchev–Trinajstić information content (AvgIpc) is 2.73. The van der Waals surface area contributed by atoms with Crippen LogP contribution in [0.15, 0.2) is 0 Å². The van der Waals surface area contributed by atoms with Gasteiger partial charge in [-0.15, -0.1) is 0 Å². The van der Waals surface area contributed by atoms with Crippen molar-refractivity contribution in [2.45, 2.75) is 34.1 Å². The number of nitrogens with two attached hydrogens (primary N) is 1. The largest absolute Gasteiger partial charge is 0.382 e. The van der Waals surface area contributed by atoms with Gasteiger partial charge >= 0.3 is 0 Å². The number of rotatable bonds is 7. The molecule has 0 bridgehead atoms. The summed E-state index contributed by atoms with van der Waals surface area (Å²) in [6.07, 6.45) is 0.986. The highest BCUT2D eigenvalue weighted by Crippen LogP contribution is 2.26. The fraction of sp³-hybridized carbons (Fsp3) is 0.714. The predicted octanol–water partition coefficient (Wildman–Crippen LogP) is 2.91. The monoisotopic (exact) mass is 298 g/mol. The molecule has 0 aliphatic rings. The van der Waals surface area contributed by atoms with Crippen molar-refractivity contribution in [2.75, 3.05) is 31.2 Å². The second kappa shape index (κ2) is 7.47. The van der Waals surface area contributed by atoms with E-state index in [-0.39, 0.29) is 5.91 Å². The molecule has 1 rings (SSSR count). The Morgan fingerprint density at radius 2 is 2.00 bits per heavy atom. The van der Waals surface area contributed by atoms with E-state index in [4.69, 9.17) is 5.73 Å². The second-order valence-electron chi connectivity index (χ2n) is 5.92. The second-order valence-corrected chi connectivity index (χ2v) is 6.92. The van der Waals surface area contributed by atoms with Gasteiger partial charge in [-0.05, 0) is 18.3 Å². The van der Waals surface area contributed by atoms with Crippen LogP contribution < -0.4 is 11.1 Å². The highest BCUT2D eigenvalue weighted by molar-refractivity contribution is 7.18. The summed E-state index contributed by atoms with van der Waals surface area (Å²) >= 11 is 1.33. The molecule has 0 aromatic carbocycles. The molecule has 1 aromatic heterocycles. The van der Waals surface area contributed by atoms with Gasteiger partial charge in [0.15, 0.2) is 5.13 Å². The van der Waals surface area contributed by atoms with Crippen molar-refractivity contribution in [1.82, 2.24) is 9.88 Å². The molecule has 0 radical (unpaired) electrons. The van der Waals surface area contributed by atoms with Crippen LogP contribution in [0.5, 0.6) is 0 Å². The molecular weight excluding hydrogens is 272 g/mol. The number of nitrogens with zero attached hydrogens (tertiary/aromatic N) is 2. The fourth-order valence-corrected chi connectivity index (χ4v) is 2.47. The van der Waals surface area contributed by atoms with Crippen LogP contribution in [0.1, 0.15) is 43.8 Å². The number of hydrogen-bond donors (Lipinski definition) is 2. The normalized spacial score (nSPS) is 11.2. The van der Waals surface area contributed by atoms with Gasteiger partial charge in [-0.25, -0.2) is 4.98 Å². The van der Waals surface area contributed by atoms with E-state index in [1.54, 1.807) is 4.90 Å². The van der Waals surface area contributed by atoms with E-state index in [0.717, 1.165) is 24.6 Å². The molecule has 0 unspecified atom stereocenters. The topological polar surface area (TPSA) is 71.2 Å². The van der Waals surface area contributed by atoms with E-state index in [1.807, 2.05) is 7.05 Å². The maximum Gasteiger partial charge on any atom is 0.267 e. The minimum Gasteiger partial charge on any atom is -0.382 e. The molecule has 0 saturated carbocycles. The van der Waals surface area contributed by atoms with Gasteiger partial charge in [0.2, 0.25) is 0 Å². The summed E-state index contributed by atoms with van der Waals surface area (Å²) in [5.41, 5.74) is 5.85. The molecule has 0 aliphatic heterocycles. The lowest BCUT2D eigenvalue weighted by atomic mass is 10.1. The number of nitrogens with one attached hydrogen (secondary N) is 1. The molecule has 0 aliphatic carbocycles. The molecule has 0 atom stereocenters. The molecule has 1 aromatic rings. The minimum atomic E-state index is -0.0433. The number of hydrogen-bond acceptors (Lipinski definition) is 5. The molecule has 114 valence electrons. The average molecular weight is 298 g/mol. The highest BCUT2D eigenvalue weighted by Gasteiger charge is 2.19. The van der Waals surface area contributed by atoms with Crippen molar-refractivity contribution in [1.29, 1.82) is 0 Å². The summed E-state index contributed by atoms with van der Waals surface area (Å²) in [4.78, 5) is 18.8. The number of aromatic nitrogens is 1. The molecule has 20 heavy (non-hydrogen) atoms. The Balaban J connectivity index is 2.68.